The van der Waals surface area contributed by atoms with Crippen molar-refractivity contribution in [3.63, 3.8) is 0 Å². The van der Waals surface area contributed by atoms with Crippen molar-refractivity contribution in [2.75, 3.05) is 5.75 Å². The quantitative estimate of drug-likeness (QED) is 0.701. The first-order chi connectivity index (χ1) is 8.10. The number of thioether (sulfide) groups is 1. The molecule has 7 heteroatoms. The molecule has 0 radical (unpaired) electrons. The Kier molecular flexibility index (Phi) is 6.75. The van der Waals surface area contributed by atoms with Gasteiger partial charge in [0.05, 0.1) is 12.2 Å². The lowest BCUT2D eigenvalue weighted by Crippen LogP contribution is -2.48. The number of amides is 3. The Morgan fingerprint density at radius 2 is 1.83 bits per heavy atom. The summed E-state index contributed by atoms with van der Waals surface area (Å²) in [5.41, 5.74) is -0.409. The molecule has 0 aliphatic heterocycles. The highest BCUT2D eigenvalue weighted by Gasteiger charge is 2.16. The molecular formula is C11H20N2O4S. The number of hydrogen-bond donors (Lipinski definition) is 3. The molecule has 0 fully saturated rings. The molecule has 0 aliphatic carbocycles. The van der Waals surface area contributed by atoms with Crippen molar-refractivity contribution < 1.29 is 19.5 Å². The van der Waals surface area contributed by atoms with Crippen LogP contribution >= 0.6 is 11.8 Å². The topological polar surface area (TPSA) is 95.5 Å². The highest BCUT2D eigenvalue weighted by Crippen LogP contribution is 2.13. The van der Waals surface area contributed by atoms with Gasteiger partial charge in [-0.05, 0) is 20.8 Å². The minimum atomic E-state index is -0.902. The summed E-state index contributed by atoms with van der Waals surface area (Å²) in [6.45, 7) is 7.14. The third kappa shape index (κ3) is 9.95. The highest BCUT2D eigenvalue weighted by atomic mass is 32.2. The predicted molar refractivity (Wildman–Crippen MR) is 70.6 cm³/mol. The molecule has 0 aliphatic rings. The molecule has 18 heavy (non-hydrogen) atoms. The minimum Gasteiger partial charge on any atom is -0.481 e. The molecule has 0 saturated heterocycles. The number of carbonyl (C=O) groups excluding carboxylic acids is 2. The number of rotatable bonds is 5. The van der Waals surface area contributed by atoms with Gasteiger partial charge in [-0.1, -0.05) is 6.92 Å². The molecule has 1 unspecified atom stereocenters. The van der Waals surface area contributed by atoms with E-state index < -0.39 is 23.4 Å². The van der Waals surface area contributed by atoms with E-state index in [2.05, 4.69) is 10.6 Å². The van der Waals surface area contributed by atoms with Crippen LogP contribution in [0.4, 0.5) is 4.79 Å². The molecule has 0 saturated carbocycles. The molecule has 0 bridgehead atoms. The minimum absolute atomic E-state index is 0.00780. The number of hydrogen-bond acceptors (Lipinski definition) is 4. The van der Waals surface area contributed by atoms with Crippen LogP contribution in [0, 0.1) is 0 Å². The van der Waals surface area contributed by atoms with Gasteiger partial charge in [-0.15, -0.1) is 11.8 Å². The van der Waals surface area contributed by atoms with E-state index in [1.807, 2.05) is 0 Å². The maximum Gasteiger partial charge on any atom is 0.321 e. The first kappa shape index (κ1) is 16.8. The number of carboxylic acids is 1. The van der Waals surface area contributed by atoms with Crippen LogP contribution in [0.5, 0.6) is 0 Å². The summed E-state index contributed by atoms with van der Waals surface area (Å²) in [5.74, 6) is -1.27. The molecule has 0 rings (SSSR count). The fourth-order valence-corrected chi connectivity index (χ4v) is 1.83. The zero-order valence-electron chi connectivity index (χ0n) is 11.1. The zero-order chi connectivity index (χ0) is 14.3. The van der Waals surface area contributed by atoms with Crippen molar-refractivity contribution >= 4 is 29.7 Å². The molecular weight excluding hydrogens is 256 g/mol. The maximum absolute atomic E-state index is 11.4. The van der Waals surface area contributed by atoms with E-state index in [0.717, 1.165) is 0 Å². The van der Waals surface area contributed by atoms with E-state index in [0.29, 0.717) is 0 Å². The van der Waals surface area contributed by atoms with Gasteiger partial charge in [0, 0.05) is 10.8 Å². The molecule has 0 aromatic rings. The lowest BCUT2D eigenvalue weighted by molar-refractivity contribution is -0.136. The van der Waals surface area contributed by atoms with Crippen LogP contribution in [0.15, 0.2) is 0 Å². The second-order valence-corrected chi connectivity index (χ2v) is 6.40. The Balaban J connectivity index is 3.91. The van der Waals surface area contributed by atoms with E-state index in [-0.39, 0.29) is 17.4 Å². The molecule has 0 aromatic carbocycles. The van der Waals surface area contributed by atoms with Crippen molar-refractivity contribution in [1.82, 2.24) is 10.6 Å². The lowest BCUT2D eigenvalue weighted by Gasteiger charge is -2.20. The van der Waals surface area contributed by atoms with E-state index in [9.17, 15) is 14.4 Å². The summed E-state index contributed by atoms with van der Waals surface area (Å²) in [6.07, 6.45) is -0.00780. The van der Waals surface area contributed by atoms with Crippen LogP contribution in [0.25, 0.3) is 0 Å². The summed E-state index contributed by atoms with van der Waals surface area (Å²) in [5, 5.41) is 13.2. The fraction of sp³-hybridized carbons (Fsp3) is 0.727. The van der Waals surface area contributed by atoms with Gasteiger partial charge in [0.15, 0.2) is 0 Å². The number of urea groups is 1. The summed E-state index contributed by atoms with van der Waals surface area (Å²) < 4.78 is 0. The Bertz CT molecular complexity index is 325. The second-order valence-electron chi connectivity index (χ2n) is 4.97. The number of carboxylic acid groups (broad SMARTS) is 1. The molecule has 6 nitrogen and oxygen atoms in total. The Morgan fingerprint density at radius 1 is 1.28 bits per heavy atom. The molecule has 0 spiro atoms. The summed E-state index contributed by atoms with van der Waals surface area (Å²) in [7, 11) is 0. The Morgan fingerprint density at radius 3 is 2.28 bits per heavy atom. The average molecular weight is 276 g/mol. The maximum atomic E-state index is 11.4. The van der Waals surface area contributed by atoms with Gasteiger partial charge < -0.3 is 10.4 Å². The van der Waals surface area contributed by atoms with Gasteiger partial charge in [-0.25, -0.2) is 4.79 Å². The number of nitrogens with one attached hydrogen (secondary N) is 2. The van der Waals surface area contributed by atoms with E-state index in [1.54, 1.807) is 27.7 Å². The Labute approximate surface area is 111 Å². The van der Waals surface area contributed by atoms with Crippen LogP contribution in [0.1, 0.15) is 34.1 Å². The smallest absolute Gasteiger partial charge is 0.321 e. The molecule has 0 aromatic heterocycles. The number of carbonyl (C=O) groups is 3. The van der Waals surface area contributed by atoms with Crippen LogP contribution in [-0.2, 0) is 9.59 Å². The zero-order valence-corrected chi connectivity index (χ0v) is 11.9. The summed E-state index contributed by atoms with van der Waals surface area (Å²) >= 11 is 1.20. The number of aliphatic carboxylic acids is 1. The van der Waals surface area contributed by atoms with Crippen LogP contribution in [0.2, 0.25) is 0 Å². The average Bonchev–Trinajstić information content (AvgIpc) is 2.10. The van der Waals surface area contributed by atoms with Gasteiger partial charge in [0.2, 0.25) is 5.91 Å². The van der Waals surface area contributed by atoms with Crippen LogP contribution in [-0.4, -0.2) is 39.6 Å². The van der Waals surface area contributed by atoms with Gasteiger partial charge in [0.25, 0.3) is 0 Å². The van der Waals surface area contributed by atoms with Gasteiger partial charge in [0.1, 0.15) is 0 Å². The standard InChI is InChI=1S/C11H20N2O4S/c1-7(5-9(15)16)18-6-8(14)12-10(17)13-11(2,3)4/h7H,5-6H2,1-4H3,(H,15,16)(H2,12,13,14,17). The summed E-state index contributed by atoms with van der Waals surface area (Å²) in [4.78, 5) is 33.1. The first-order valence-corrected chi connectivity index (χ1v) is 6.60. The number of imide groups is 1. The van der Waals surface area contributed by atoms with Crippen molar-refractivity contribution in [3.8, 4) is 0 Å². The van der Waals surface area contributed by atoms with Crippen molar-refractivity contribution in [2.45, 2.75) is 44.9 Å². The molecule has 104 valence electrons. The van der Waals surface area contributed by atoms with Gasteiger partial charge in [-0.2, -0.15) is 0 Å². The first-order valence-electron chi connectivity index (χ1n) is 5.55. The second kappa shape index (κ2) is 7.25. The van der Waals surface area contributed by atoms with Crippen LogP contribution in [0.3, 0.4) is 0 Å². The van der Waals surface area contributed by atoms with Gasteiger partial charge in [-0.3, -0.25) is 14.9 Å². The van der Waals surface area contributed by atoms with Crippen molar-refractivity contribution in [1.29, 1.82) is 0 Å². The molecule has 1 atom stereocenters. The Hall–Kier alpha value is -1.24. The van der Waals surface area contributed by atoms with E-state index in [1.165, 1.54) is 11.8 Å². The highest BCUT2D eigenvalue weighted by molar-refractivity contribution is 8.00. The largest absolute Gasteiger partial charge is 0.481 e. The van der Waals surface area contributed by atoms with Gasteiger partial charge >= 0.3 is 12.0 Å². The van der Waals surface area contributed by atoms with E-state index >= 15 is 0 Å². The summed E-state index contributed by atoms with van der Waals surface area (Å²) in [6, 6.07) is -0.543. The van der Waals surface area contributed by atoms with Crippen LogP contribution < -0.4 is 10.6 Å². The lowest BCUT2D eigenvalue weighted by atomic mass is 10.1. The predicted octanol–water partition coefficient (Wildman–Crippen LogP) is 1.21. The SMILES string of the molecule is CC(CC(=O)O)SCC(=O)NC(=O)NC(C)(C)C. The monoisotopic (exact) mass is 276 g/mol. The fourth-order valence-electron chi connectivity index (χ4n) is 1.06. The normalized spacial score (nSPS) is 12.7. The van der Waals surface area contributed by atoms with Crippen molar-refractivity contribution in [2.24, 2.45) is 0 Å². The van der Waals surface area contributed by atoms with E-state index in [4.69, 9.17) is 5.11 Å². The van der Waals surface area contributed by atoms with Crippen molar-refractivity contribution in [3.05, 3.63) is 0 Å². The third-order valence-corrected chi connectivity index (χ3v) is 2.87. The molecule has 0 heterocycles. The molecule has 3 N–H and O–H groups in total. The molecule has 3 amide bonds. The third-order valence-electron chi connectivity index (χ3n) is 1.70.